The van der Waals surface area contributed by atoms with E-state index in [-0.39, 0.29) is 16.9 Å². The lowest BCUT2D eigenvalue weighted by Gasteiger charge is -2.23. The predicted molar refractivity (Wildman–Crippen MR) is 105 cm³/mol. The van der Waals surface area contributed by atoms with Crippen molar-refractivity contribution in [1.82, 2.24) is 14.8 Å². The van der Waals surface area contributed by atoms with Gasteiger partial charge >= 0.3 is 0 Å². The van der Waals surface area contributed by atoms with Gasteiger partial charge in [-0.15, -0.1) is 11.3 Å². The van der Waals surface area contributed by atoms with Crippen molar-refractivity contribution in [3.63, 3.8) is 0 Å². The van der Waals surface area contributed by atoms with Crippen molar-refractivity contribution in [3.05, 3.63) is 27.3 Å². The lowest BCUT2D eigenvalue weighted by atomic mass is 9.92. The summed E-state index contributed by atoms with van der Waals surface area (Å²) in [6, 6.07) is 1.98. The lowest BCUT2D eigenvalue weighted by molar-refractivity contribution is 0.102. The Balaban J connectivity index is 2.39. The van der Waals surface area contributed by atoms with Crippen LogP contribution in [0.2, 0.25) is 0 Å². The van der Waals surface area contributed by atoms with Gasteiger partial charge in [-0.1, -0.05) is 34.6 Å². The molecule has 0 aliphatic rings. The normalized spacial score (nSPS) is 12.7. The summed E-state index contributed by atoms with van der Waals surface area (Å²) in [4.78, 5) is 18.0. The van der Waals surface area contributed by atoms with Gasteiger partial charge in [-0.25, -0.2) is 9.67 Å². The van der Waals surface area contributed by atoms with E-state index < -0.39 is 0 Å². The van der Waals surface area contributed by atoms with Gasteiger partial charge < -0.3 is 5.32 Å². The van der Waals surface area contributed by atoms with E-state index in [1.807, 2.05) is 17.7 Å². The first-order valence-electron chi connectivity index (χ1n) is 8.70. The summed E-state index contributed by atoms with van der Waals surface area (Å²) in [5, 5.41) is 8.78. The van der Waals surface area contributed by atoms with Crippen LogP contribution in [-0.4, -0.2) is 20.7 Å². The van der Waals surface area contributed by atoms with Crippen LogP contribution in [0.4, 0.5) is 5.82 Å². The zero-order valence-corrected chi connectivity index (χ0v) is 17.6. The maximum atomic E-state index is 12.8. The van der Waals surface area contributed by atoms with Crippen LogP contribution in [0, 0.1) is 6.92 Å². The highest BCUT2D eigenvalue weighted by Gasteiger charge is 2.27. The number of carbonyl (C=O) groups excluding carboxylic acids is 1. The number of aromatic nitrogens is 3. The molecule has 0 aliphatic heterocycles. The molecule has 2 aromatic rings. The van der Waals surface area contributed by atoms with E-state index in [1.54, 1.807) is 0 Å². The van der Waals surface area contributed by atoms with E-state index in [0.717, 1.165) is 22.2 Å². The summed E-state index contributed by atoms with van der Waals surface area (Å²) in [5.41, 5.74) is 1.43. The molecule has 0 aromatic carbocycles. The number of aryl methyl sites for hydroxylation is 1. The Morgan fingerprint density at radius 1 is 1.20 bits per heavy atom. The van der Waals surface area contributed by atoms with Gasteiger partial charge in [-0.3, -0.25) is 4.79 Å². The van der Waals surface area contributed by atoms with Gasteiger partial charge in [0, 0.05) is 17.4 Å². The van der Waals surface area contributed by atoms with E-state index in [0.29, 0.717) is 10.8 Å². The fourth-order valence-corrected chi connectivity index (χ4v) is 3.36. The largest absolute Gasteiger partial charge is 0.306 e. The summed E-state index contributed by atoms with van der Waals surface area (Å²) in [6.45, 7) is 18.7. The number of hydrogen-bond donors (Lipinski definition) is 1. The maximum Gasteiger partial charge on any atom is 0.268 e. The van der Waals surface area contributed by atoms with Crippen LogP contribution in [0.15, 0.2) is 6.07 Å². The molecule has 2 rings (SSSR count). The molecule has 0 fully saturated rings. The van der Waals surface area contributed by atoms with Crippen molar-refractivity contribution in [2.75, 3.05) is 5.32 Å². The maximum absolute atomic E-state index is 12.8. The Hall–Kier alpha value is -1.69. The molecule has 0 unspecified atom stereocenters. The van der Waals surface area contributed by atoms with Gasteiger partial charge in [-0.2, -0.15) is 5.10 Å². The molecule has 6 heteroatoms. The monoisotopic (exact) mass is 362 g/mol. The fourth-order valence-electron chi connectivity index (χ4n) is 2.40. The first-order chi connectivity index (χ1) is 11.3. The summed E-state index contributed by atoms with van der Waals surface area (Å²) in [6.07, 6.45) is 0. The molecule has 0 aliphatic carbocycles. The van der Waals surface area contributed by atoms with Crippen LogP contribution in [0.1, 0.15) is 87.4 Å². The smallest absolute Gasteiger partial charge is 0.268 e. The number of carbonyl (C=O) groups is 1. The predicted octanol–water partition coefficient (Wildman–Crippen LogP) is 5.08. The summed E-state index contributed by atoms with van der Waals surface area (Å²) >= 11 is 1.47. The Morgan fingerprint density at radius 2 is 1.80 bits per heavy atom. The number of thiazole rings is 1. The van der Waals surface area contributed by atoms with Crippen molar-refractivity contribution in [2.45, 2.75) is 79.2 Å². The molecule has 1 amide bonds. The minimum Gasteiger partial charge on any atom is -0.306 e. The van der Waals surface area contributed by atoms with Crippen molar-refractivity contribution >= 4 is 23.1 Å². The first-order valence-corrected chi connectivity index (χ1v) is 9.52. The standard InChI is InChI=1S/C19H30N4OS/c1-11(2)17-20-12(3)15(25-17)16(24)21-14-10-13(18(4,5)6)22-23(14)19(7,8)9/h10-11H,1-9H3,(H,21,24). The van der Waals surface area contributed by atoms with E-state index in [9.17, 15) is 4.79 Å². The Labute approximate surface area is 154 Å². The average Bonchev–Trinajstić information content (AvgIpc) is 3.01. The summed E-state index contributed by atoms with van der Waals surface area (Å²) in [7, 11) is 0. The molecule has 0 saturated carbocycles. The molecular weight excluding hydrogens is 332 g/mol. The minimum atomic E-state index is -0.224. The molecule has 1 N–H and O–H groups in total. The zero-order valence-electron chi connectivity index (χ0n) is 16.8. The van der Waals surface area contributed by atoms with Crippen LogP contribution in [-0.2, 0) is 11.0 Å². The molecule has 25 heavy (non-hydrogen) atoms. The highest BCUT2D eigenvalue weighted by molar-refractivity contribution is 7.14. The molecule has 2 aromatic heterocycles. The molecular formula is C19H30N4OS. The third-order valence-corrected chi connectivity index (χ3v) is 5.32. The third kappa shape index (κ3) is 4.29. The second-order valence-corrected chi connectivity index (χ2v) is 9.85. The average molecular weight is 363 g/mol. The van der Waals surface area contributed by atoms with Crippen LogP contribution in [0.3, 0.4) is 0 Å². The van der Waals surface area contributed by atoms with E-state index in [2.05, 4.69) is 65.7 Å². The number of anilines is 1. The Morgan fingerprint density at radius 3 is 2.24 bits per heavy atom. The quantitative estimate of drug-likeness (QED) is 0.828. The van der Waals surface area contributed by atoms with Crippen molar-refractivity contribution in [2.24, 2.45) is 0 Å². The molecule has 0 spiro atoms. The highest BCUT2D eigenvalue weighted by atomic mass is 32.1. The van der Waals surface area contributed by atoms with E-state index in [4.69, 9.17) is 5.10 Å². The lowest BCUT2D eigenvalue weighted by Crippen LogP contribution is -2.27. The summed E-state index contributed by atoms with van der Waals surface area (Å²) < 4.78 is 1.89. The van der Waals surface area contributed by atoms with Crippen LogP contribution in [0.5, 0.6) is 0 Å². The molecule has 0 atom stereocenters. The minimum absolute atomic E-state index is 0.0821. The van der Waals surface area contributed by atoms with Crippen molar-refractivity contribution in [1.29, 1.82) is 0 Å². The topological polar surface area (TPSA) is 59.8 Å². The second-order valence-electron chi connectivity index (χ2n) is 8.82. The Bertz CT molecular complexity index is 772. The van der Waals surface area contributed by atoms with Gasteiger partial charge in [0.2, 0.25) is 0 Å². The second kappa shape index (κ2) is 6.56. The van der Waals surface area contributed by atoms with E-state index >= 15 is 0 Å². The number of nitrogens with one attached hydrogen (secondary N) is 1. The SMILES string of the molecule is Cc1nc(C(C)C)sc1C(=O)Nc1cc(C(C)(C)C)nn1C(C)(C)C. The van der Waals surface area contributed by atoms with Crippen LogP contribution in [0.25, 0.3) is 0 Å². The molecule has 0 saturated heterocycles. The van der Waals surface area contributed by atoms with Crippen LogP contribution >= 0.6 is 11.3 Å². The van der Waals surface area contributed by atoms with Gasteiger partial charge in [0.05, 0.1) is 21.9 Å². The molecule has 0 bridgehead atoms. The molecule has 138 valence electrons. The van der Waals surface area contributed by atoms with Crippen molar-refractivity contribution in [3.8, 4) is 0 Å². The van der Waals surface area contributed by atoms with Crippen LogP contribution < -0.4 is 5.32 Å². The van der Waals surface area contributed by atoms with E-state index in [1.165, 1.54) is 11.3 Å². The zero-order chi connectivity index (χ0) is 19.2. The summed E-state index contributed by atoms with van der Waals surface area (Å²) in [5.74, 6) is 0.923. The van der Waals surface area contributed by atoms with Gasteiger partial charge in [0.15, 0.2) is 0 Å². The number of rotatable bonds is 3. The highest BCUT2D eigenvalue weighted by Crippen LogP contribution is 2.30. The number of hydrogen-bond acceptors (Lipinski definition) is 4. The Kier molecular flexibility index (Phi) is 5.15. The third-order valence-electron chi connectivity index (χ3n) is 3.87. The number of nitrogens with zero attached hydrogens (tertiary/aromatic N) is 3. The molecule has 5 nitrogen and oxygen atoms in total. The fraction of sp³-hybridized carbons (Fsp3) is 0.632. The van der Waals surface area contributed by atoms with Gasteiger partial charge in [0.25, 0.3) is 5.91 Å². The van der Waals surface area contributed by atoms with Crippen molar-refractivity contribution < 1.29 is 4.79 Å². The first kappa shape index (κ1) is 19.6. The molecule has 2 heterocycles. The van der Waals surface area contributed by atoms with Gasteiger partial charge in [0.1, 0.15) is 10.7 Å². The van der Waals surface area contributed by atoms with Gasteiger partial charge in [-0.05, 0) is 27.7 Å². The number of amides is 1. The molecule has 0 radical (unpaired) electrons.